The van der Waals surface area contributed by atoms with E-state index in [1.165, 1.54) is 0 Å². The normalized spacial score (nSPS) is 10.3. The zero-order chi connectivity index (χ0) is 20.6. The number of hydrogen-bond acceptors (Lipinski definition) is 3. The highest BCUT2D eigenvalue weighted by atomic mass is 35.5. The number of ether oxygens (including phenoxy) is 1. The molecular weight excluding hydrogens is 388 g/mol. The van der Waals surface area contributed by atoms with Crippen LogP contribution in [0.25, 0.3) is 0 Å². The molecule has 0 unspecified atom stereocenters. The molecule has 3 rings (SSSR count). The lowest BCUT2D eigenvalue weighted by Crippen LogP contribution is -2.31. The number of benzene rings is 3. The Balaban J connectivity index is 1.63. The standard InChI is InChI=1S/C23H21ClN2O3/c1-26(14-15-29-19-11-7-10-18(24)16-19)23(28)20-12-5-6-13-21(20)25-22(27)17-8-3-2-4-9-17/h2-13,16H,14-15H2,1H3,(H,25,27). The first-order valence-electron chi connectivity index (χ1n) is 9.14. The number of nitrogens with one attached hydrogen (secondary N) is 1. The molecule has 5 nitrogen and oxygen atoms in total. The van der Waals surface area contributed by atoms with Crippen LogP contribution in [-0.2, 0) is 0 Å². The zero-order valence-electron chi connectivity index (χ0n) is 16.0. The number of halogens is 1. The first kappa shape index (κ1) is 20.4. The van der Waals surface area contributed by atoms with Gasteiger partial charge in [-0.3, -0.25) is 9.59 Å². The van der Waals surface area contributed by atoms with Gasteiger partial charge in [0, 0.05) is 17.6 Å². The van der Waals surface area contributed by atoms with Crippen molar-refractivity contribution in [1.29, 1.82) is 0 Å². The molecule has 0 radical (unpaired) electrons. The summed E-state index contributed by atoms with van der Waals surface area (Å²) in [6.45, 7) is 0.702. The smallest absolute Gasteiger partial charge is 0.255 e. The van der Waals surface area contributed by atoms with Crippen LogP contribution in [0.4, 0.5) is 5.69 Å². The minimum Gasteiger partial charge on any atom is -0.492 e. The van der Waals surface area contributed by atoms with E-state index in [0.29, 0.717) is 40.7 Å². The zero-order valence-corrected chi connectivity index (χ0v) is 16.7. The summed E-state index contributed by atoms with van der Waals surface area (Å²) in [6, 6.07) is 22.9. The molecule has 0 fully saturated rings. The highest BCUT2D eigenvalue weighted by Crippen LogP contribution is 2.19. The SMILES string of the molecule is CN(CCOc1cccc(Cl)c1)C(=O)c1ccccc1NC(=O)c1ccccc1. The predicted molar refractivity (Wildman–Crippen MR) is 115 cm³/mol. The number of para-hydroxylation sites is 1. The summed E-state index contributed by atoms with van der Waals surface area (Å²) >= 11 is 5.94. The molecule has 0 aromatic heterocycles. The molecule has 0 aliphatic heterocycles. The van der Waals surface area contributed by atoms with E-state index in [-0.39, 0.29) is 11.8 Å². The van der Waals surface area contributed by atoms with Gasteiger partial charge in [0.05, 0.1) is 17.8 Å². The van der Waals surface area contributed by atoms with Crippen LogP contribution in [0.3, 0.4) is 0 Å². The average molecular weight is 409 g/mol. The lowest BCUT2D eigenvalue weighted by Gasteiger charge is -2.19. The van der Waals surface area contributed by atoms with Crippen molar-refractivity contribution in [2.24, 2.45) is 0 Å². The molecule has 0 bridgehead atoms. The van der Waals surface area contributed by atoms with Crippen LogP contribution in [0.1, 0.15) is 20.7 Å². The molecule has 3 aromatic carbocycles. The maximum atomic E-state index is 12.9. The third kappa shape index (κ3) is 5.59. The van der Waals surface area contributed by atoms with Crippen LogP contribution < -0.4 is 10.1 Å². The summed E-state index contributed by atoms with van der Waals surface area (Å²) in [6.07, 6.45) is 0. The van der Waals surface area contributed by atoms with Gasteiger partial charge in [0.2, 0.25) is 0 Å². The van der Waals surface area contributed by atoms with Gasteiger partial charge in [-0.2, -0.15) is 0 Å². The number of carbonyl (C=O) groups excluding carboxylic acids is 2. The molecule has 29 heavy (non-hydrogen) atoms. The number of carbonyl (C=O) groups is 2. The minimum atomic E-state index is -0.266. The Labute approximate surface area is 174 Å². The maximum Gasteiger partial charge on any atom is 0.255 e. The Morgan fingerprint density at radius 1 is 0.966 bits per heavy atom. The largest absolute Gasteiger partial charge is 0.492 e. The van der Waals surface area contributed by atoms with Crippen molar-refractivity contribution in [3.63, 3.8) is 0 Å². The van der Waals surface area contributed by atoms with Gasteiger partial charge >= 0.3 is 0 Å². The summed E-state index contributed by atoms with van der Waals surface area (Å²) in [7, 11) is 1.69. The fourth-order valence-electron chi connectivity index (χ4n) is 2.73. The number of amides is 2. The van der Waals surface area contributed by atoms with Crippen molar-refractivity contribution >= 4 is 29.1 Å². The van der Waals surface area contributed by atoms with Crippen LogP contribution in [0, 0.1) is 0 Å². The second kappa shape index (κ2) is 9.75. The number of hydrogen-bond donors (Lipinski definition) is 1. The highest BCUT2D eigenvalue weighted by molar-refractivity contribution is 6.30. The Morgan fingerprint density at radius 3 is 2.45 bits per heavy atom. The maximum absolute atomic E-state index is 12.9. The molecule has 2 amide bonds. The Bertz CT molecular complexity index is 992. The van der Waals surface area contributed by atoms with Crippen molar-refractivity contribution in [3.05, 3.63) is 95.0 Å². The van der Waals surface area contributed by atoms with Gasteiger partial charge in [-0.1, -0.05) is 48.0 Å². The highest BCUT2D eigenvalue weighted by Gasteiger charge is 2.17. The second-order valence-corrected chi connectivity index (χ2v) is 6.83. The topological polar surface area (TPSA) is 58.6 Å². The van der Waals surface area contributed by atoms with E-state index in [1.807, 2.05) is 12.1 Å². The summed E-state index contributed by atoms with van der Waals surface area (Å²) in [5, 5.41) is 3.41. The number of rotatable bonds is 7. The fraction of sp³-hybridized carbons (Fsp3) is 0.130. The van der Waals surface area contributed by atoms with Crippen molar-refractivity contribution in [2.45, 2.75) is 0 Å². The van der Waals surface area contributed by atoms with Gasteiger partial charge in [-0.05, 0) is 42.5 Å². The van der Waals surface area contributed by atoms with Crippen LogP contribution in [-0.4, -0.2) is 36.9 Å². The second-order valence-electron chi connectivity index (χ2n) is 6.40. The third-order valence-electron chi connectivity index (χ3n) is 4.28. The van der Waals surface area contributed by atoms with Crippen LogP contribution in [0.5, 0.6) is 5.75 Å². The molecule has 148 valence electrons. The van der Waals surface area contributed by atoms with E-state index in [1.54, 1.807) is 78.7 Å². The van der Waals surface area contributed by atoms with Crippen molar-refractivity contribution in [3.8, 4) is 5.75 Å². The third-order valence-corrected chi connectivity index (χ3v) is 4.51. The van der Waals surface area contributed by atoms with Gasteiger partial charge < -0.3 is 15.0 Å². The summed E-state index contributed by atoms with van der Waals surface area (Å²) in [5.41, 5.74) is 1.41. The van der Waals surface area contributed by atoms with Crippen molar-refractivity contribution in [2.75, 3.05) is 25.5 Å². The summed E-state index contributed by atoms with van der Waals surface area (Å²) < 4.78 is 5.65. The van der Waals surface area contributed by atoms with Gasteiger partial charge in [0.15, 0.2) is 0 Å². The van der Waals surface area contributed by atoms with Gasteiger partial charge in [0.25, 0.3) is 11.8 Å². The number of nitrogens with zero attached hydrogens (tertiary/aromatic N) is 1. The van der Waals surface area contributed by atoms with Gasteiger partial charge in [-0.15, -0.1) is 0 Å². The van der Waals surface area contributed by atoms with E-state index >= 15 is 0 Å². The van der Waals surface area contributed by atoms with Crippen LogP contribution >= 0.6 is 11.6 Å². The van der Waals surface area contributed by atoms with Crippen LogP contribution in [0.15, 0.2) is 78.9 Å². The summed E-state index contributed by atoms with van der Waals surface area (Å²) in [5.74, 6) is 0.176. The summed E-state index contributed by atoms with van der Waals surface area (Å²) in [4.78, 5) is 26.9. The molecular formula is C23H21ClN2O3. The monoisotopic (exact) mass is 408 g/mol. The molecule has 0 spiro atoms. The molecule has 1 N–H and O–H groups in total. The van der Waals surface area contributed by atoms with Crippen molar-refractivity contribution < 1.29 is 14.3 Å². The molecule has 6 heteroatoms. The number of likely N-dealkylation sites (N-methyl/N-ethyl adjacent to an activating group) is 1. The first-order valence-corrected chi connectivity index (χ1v) is 9.51. The van der Waals surface area contributed by atoms with Gasteiger partial charge in [0.1, 0.15) is 12.4 Å². The lowest BCUT2D eigenvalue weighted by molar-refractivity contribution is 0.0775. The molecule has 0 atom stereocenters. The molecule has 3 aromatic rings. The van der Waals surface area contributed by atoms with E-state index in [2.05, 4.69) is 5.32 Å². The van der Waals surface area contributed by atoms with Crippen LogP contribution in [0.2, 0.25) is 5.02 Å². The Kier molecular flexibility index (Phi) is 6.87. The lowest BCUT2D eigenvalue weighted by atomic mass is 10.1. The Morgan fingerprint density at radius 2 is 1.69 bits per heavy atom. The average Bonchev–Trinajstić information content (AvgIpc) is 2.74. The Hall–Kier alpha value is -3.31. The van der Waals surface area contributed by atoms with E-state index in [4.69, 9.17) is 16.3 Å². The molecule has 0 saturated carbocycles. The van der Waals surface area contributed by atoms with E-state index in [9.17, 15) is 9.59 Å². The molecule has 0 aliphatic rings. The first-order chi connectivity index (χ1) is 14.0. The molecule has 0 heterocycles. The van der Waals surface area contributed by atoms with E-state index < -0.39 is 0 Å². The number of anilines is 1. The van der Waals surface area contributed by atoms with E-state index in [0.717, 1.165) is 0 Å². The van der Waals surface area contributed by atoms with Crippen molar-refractivity contribution in [1.82, 2.24) is 4.90 Å². The molecule has 0 aliphatic carbocycles. The fourth-order valence-corrected chi connectivity index (χ4v) is 2.91. The predicted octanol–water partition coefficient (Wildman–Crippen LogP) is 4.74. The van der Waals surface area contributed by atoms with Gasteiger partial charge in [-0.25, -0.2) is 0 Å². The quantitative estimate of drug-likeness (QED) is 0.614. The molecule has 0 saturated heterocycles. The minimum absolute atomic E-state index is 0.205.